The van der Waals surface area contributed by atoms with Gasteiger partial charge >= 0.3 is 0 Å². The van der Waals surface area contributed by atoms with Crippen molar-refractivity contribution in [2.45, 2.75) is 157 Å². The highest BCUT2D eigenvalue weighted by Crippen LogP contribution is 2.39. The zero-order valence-electron chi connectivity index (χ0n) is 68.3. The first-order valence-corrected chi connectivity index (χ1v) is 46.9. The number of rotatable bonds is 38. The molecular formula is C104H114Br4I2N4O2. The number of hydrogen-bond donors (Lipinski definition) is 2. The van der Waals surface area contributed by atoms with Gasteiger partial charge in [0, 0.05) is 81.9 Å². The fourth-order valence-electron chi connectivity index (χ4n) is 13.1. The Bertz CT molecular complexity index is 4650. The van der Waals surface area contributed by atoms with Gasteiger partial charge < -0.3 is 29.9 Å². The molecule has 0 spiro atoms. The van der Waals surface area contributed by atoms with E-state index in [1.807, 2.05) is 12.1 Å². The van der Waals surface area contributed by atoms with Crippen molar-refractivity contribution in [3.8, 4) is 11.5 Å². The van der Waals surface area contributed by atoms with Crippen LogP contribution in [0.15, 0.2) is 309 Å². The van der Waals surface area contributed by atoms with E-state index >= 15 is 0 Å². The second-order valence-electron chi connectivity index (χ2n) is 29.3. The second kappa shape index (κ2) is 52.3. The fourth-order valence-corrected chi connectivity index (χ4v) is 14.9. The molecule has 0 heterocycles. The molecule has 0 radical (unpaired) electrons. The SMILES string of the molecule is CCCCC(CC)COc1ccc(N(c2ccc(I)cc2)c2ccc(I)cc2)cc1.CCCCC(CC)COc1ccc(Nc2ccc(/C=C/c3ccc(Br)cc3)cc2)cc1.CCCCCCc1ccc(N(c2ccc(Br)cc2)c2ccc(Br)cc2)cc1.CCCCCCc1ccc(Nc2ccc(/C=C/c3ccc(Br)cc3)cc2)cc1. The molecule has 116 heavy (non-hydrogen) atoms. The van der Waals surface area contributed by atoms with Crippen LogP contribution >= 0.6 is 109 Å². The van der Waals surface area contributed by atoms with Gasteiger partial charge in [-0.2, -0.15) is 0 Å². The lowest BCUT2D eigenvalue weighted by molar-refractivity contribution is 0.233. The molecule has 0 fully saturated rings. The molecule has 0 bridgehead atoms. The molecule has 12 aromatic carbocycles. The predicted molar refractivity (Wildman–Crippen MR) is 535 cm³/mol. The molecule has 12 heteroatoms. The zero-order valence-corrected chi connectivity index (χ0v) is 79.0. The lowest BCUT2D eigenvalue weighted by atomic mass is 10.0. The largest absolute Gasteiger partial charge is 0.493 e. The minimum atomic E-state index is 0.639. The summed E-state index contributed by atoms with van der Waals surface area (Å²) in [5.74, 6) is 3.17. The Hall–Kier alpha value is -7.70. The smallest absolute Gasteiger partial charge is 0.119 e. The van der Waals surface area contributed by atoms with E-state index in [0.29, 0.717) is 11.8 Å². The van der Waals surface area contributed by atoms with E-state index in [1.54, 1.807) is 0 Å². The molecule has 0 aliphatic heterocycles. The van der Waals surface area contributed by atoms with Crippen molar-refractivity contribution in [3.05, 3.63) is 350 Å². The molecule has 0 aromatic heterocycles. The number of anilines is 10. The molecule has 0 saturated heterocycles. The molecule has 6 nitrogen and oxygen atoms in total. The van der Waals surface area contributed by atoms with Crippen LogP contribution in [0.3, 0.4) is 0 Å². The van der Waals surface area contributed by atoms with E-state index in [0.717, 1.165) is 100 Å². The van der Waals surface area contributed by atoms with E-state index in [-0.39, 0.29) is 0 Å². The Balaban J connectivity index is 0.000000177. The summed E-state index contributed by atoms with van der Waals surface area (Å²) >= 11 is 18.7. The Morgan fingerprint density at radius 3 is 0.828 bits per heavy atom. The van der Waals surface area contributed by atoms with Crippen LogP contribution in [0.2, 0.25) is 0 Å². The summed E-state index contributed by atoms with van der Waals surface area (Å²) in [6.07, 6.45) is 31.2. The number of benzene rings is 12. The van der Waals surface area contributed by atoms with Crippen LogP contribution < -0.4 is 29.9 Å². The van der Waals surface area contributed by atoms with Crippen molar-refractivity contribution in [1.82, 2.24) is 0 Å². The maximum absolute atomic E-state index is 6.11. The van der Waals surface area contributed by atoms with Crippen LogP contribution in [-0.2, 0) is 12.8 Å². The Morgan fingerprint density at radius 2 is 0.526 bits per heavy atom. The Morgan fingerprint density at radius 1 is 0.284 bits per heavy atom. The number of halogens is 6. The number of hydrogen-bond acceptors (Lipinski definition) is 6. The van der Waals surface area contributed by atoms with E-state index in [4.69, 9.17) is 9.47 Å². The third-order valence-corrected chi connectivity index (χ3v) is 23.8. The van der Waals surface area contributed by atoms with Crippen molar-refractivity contribution in [1.29, 1.82) is 0 Å². The molecule has 2 N–H and O–H groups in total. The van der Waals surface area contributed by atoms with Gasteiger partial charge in [0.15, 0.2) is 0 Å². The third-order valence-electron chi connectivity index (χ3n) is 20.2. The summed E-state index contributed by atoms with van der Waals surface area (Å²) in [6.45, 7) is 15.1. The van der Waals surface area contributed by atoms with Gasteiger partial charge in [0.1, 0.15) is 11.5 Å². The molecule has 0 amide bonds. The molecule has 2 atom stereocenters. The van der Waals surface area contributed by atoms with Gasteiger partial charge in [-0.1, -0.05) is 279 Å². The van der Waals surface area contributed by atoms with Crippen LogP contribution in [0, 0.1) is 19.0 Å². The molecular weight excluding hydrogens is 1910 g/mol. The van der Waals surface area contributed by atoms with Crippen molar-refractivity contribution >= 4 is 190 Å². The minimum absolute atomic E-state index is 0.639. The lowest BCUT2D eigenvalue weighted by Gasteiger charge is -2.26. The molecule has 0 aliphatic carbocycles. The molecule has 12 rings (SSSR count). The summed E-state index contributed by atoms with van der Waals surface area (Å²) < 4.78 is 19.0. The van der Waals surface area contributed by atoms with Crippen LogP contribution in [-0.4, -0.2) is 13.2 Å². The minimum Gasteiger partial charge on any atom is -0.493 e. The number of aryl methyl sites for hydroxylation is 2. The standard InChI is InChI=1S/C28H32BrNO.C26H28BrN.C26H29I2NO.C24H25Br2N/c1-3-5-6-22(4-2)21-31-28-19-17-27(18-20-28)30-26-15-11-24(12-16-26)8-7-23-9-13-25(29)14-10-23;1-2-3-4-5-6-21-11-17-25(18-12-21)28-26-19-13-23(14-20-26)8-7-22-9-15-24(27)16-10-22;1-3-5-6-20(4-2)19-30-26-17-15-25(16-18-26)29(23-11-7-21(27)8-12-23)24-13-9-22(28)10-14-24;1-2-3-4-5-6-19-7-13-22(14-8-19)27(23-15-9-20(25)10-16-23)24-17-11-21(26)12-18-24/h7-20,22,30H,3-6,21H2,1-2H3;7-20,28H,2-6H2,1H3;7-18,20H,3-6,19H2,1-2H3;7-18H,2-6H2,1H3/b2*8-7+;;. The quantitative estimate of drug-likeness (QED) is 0.0228. The Kier molecular flexibility index (Phi) is 41.5. The first-order valence-electron chi connectivity index (χ1n) is 41.5. The third kappa shape index (κ3) is 33.2. The average Bonchev–Trinajstić information content (AvgIpc) is 0.808. The van der Waals surface area contributed by atoms with Gasteiger partial charge in [-0.25, -0.2) is 0 Å². The Labute approximate surface area is 755 Å². The summed E-state index contributed by atoms with van der Waals surface area (Å²) in [6, 6.07) is 102. The first-order chi connectivity index (χ1) is 56.7. The first kappa shape index (κ1) is 92.2. The number of nitrogens with zero attached hydrogens (tertiary/aromatic N) is 2. The van der Waals surface area contributed by atoms with Crippen LogP contribution in [0.25, 0.3) is 24.3 Å². The zero-order chi connectivity index (χ0) is 81.9. The normalized spacial score (nSPS) is 11.5. The van der Waals surface area contributed by atoms with Gasteiger partial charge in [-0.15, -0.1) is 0 Å². The molecule has 0 aliphatic rings. The van der Waals surface area contributed by atoms with Crippen molar-refractivity contribution in [2.24, 2.45) is 11.8 Å². The summed E-state index contributed by atoms with van der Waals surface area (Å²) in [7, 11) is 0. The molecule has 604 valence electrons. The van der Waals surface area contributed by atoms with Gasteiger partial charge in [0.2, 0.25) is 0 Å². The number of unbranched alkanes of at least 4 members (excludes halogenated alkanes) is 8. The van der Waals surface area contributed by atoms with Crippen molar-refractivity contribution < 1.29 is 9.47 Å². The van der Waals surface area contributed by atoms with E-state index in [2.05, 4.69) is 474 Å². The number of ether oxygens (including phenoxy) is 2. The predicted octanol–water partition coefficient (Wildman–Crippen LogP) is 35.2. The maximum atomic E-state index is 6.11. The van der Waals surface area contributed by atoms with Gasteiger partial charge in [-0.3, -0.25) is 0 Å². The van der Waals surface area contributed by atoms with Gasteiger partial charge in [0.05, 0.1) is 13.2 Å². The summed E-state index contributed by atoms with van der Waals surface area (Å²) in [5, 5.41) is 6.94. The van der Waals surface area contributed by atoms with E-state index in [1.165, 1.54) is 155 Å². The molecule has 0 saturated carbocycles. The topological polar surface area (TPSA) is 49.0 Å². The summed E-state index contributed by atoms with van der Waals surface area (Å²) in [4.78, 5) is 4.58. The summed E-state index contributed by atoms with van der Waals surface area (Å²) in [5.41, 5.74) is 18.9. The molecule has 12 aromatic rings. The van der Waals surface area contributed by atoms with Crippen LogP contribution in [0.4, 0.5) is 56.9 Å². The van der Waals surface area contributed by atoms with Crippen LogP contribution in [0.1, 0.15) is 178 Å². The van der Waals surface area contributed by atoms with Crippen molar-refractivity contribution in [2.75, 3.05) is 33.6 Å². The maximum Gasteiger partial charge on any atom is 0.119 e. The fraction of sp³-hybridized carbons (Fsp3) is 0.269. The van der Waals surface area contributed by atoms with E-state index in [9.17, 15) is 0 Å². The average molecular weight is 2030 g/mol. The van der Waals surface area contributed by atoms with E-state index < -0.39 is 0 Å². The van der Waals surface area contributed by atoms with Gasteiger partial charge in [-0.05, 0) is 347 Å². The highest BCUT2D eigenvalue weighted by molar-refractivity contribution is 14.1. The highest BCUT2D eigenvalue weighted by Gasteiger charge is 2.16. The van der Waals surface area contributed by atoms with Gasteiger partial charge in [0.25, 0.3) is 0 Å². The molecule has 2 unspecified atom stereocenters. The monoisotopic (exact) mass is 2020 g/mol. The second-order valence-corrected chi connectivity index (χ2v) is 35.5. The highest BCUT2D eigenvalue weighted by atomic mass is 127. The lowest BCUT2D eigenvalue weighted by Crippen LogP contribution is -2.12. The van der Waals surface area contributed by atoms with Crippen molar-refractivity contribution in [3.63, 3.8) is 0 Å². The number of nitrogens with one attached hydrogen (secondary N) is 2. The van der Waals surface area contributed by atoms with Crippen LogP contribution in [0.5, 0.6) is 11.5 Å².